The minimum atomic E-state index is -4.40. The van der Waals surface area contributed by atoms with Gasteiger partial charge in [0.25, 0.3) is 0 Å². The van der Waals surface area contributed by atoms with E-state index < -0.39 is 11.7 Å². The van der Waals surface area contributed by atoms with E-state index in [9.17, 15) is 13.2 Å². The molecule has 5 nitrogen and oxygen atoms in total. The molecule has 0 aliphatic heterocycles. The molecule has 0 radical (unpaired) electrons. The van der Waals surface area contributed by atoms with Crippen LogP contribution in [0, 0.1) is 0 Å². The molecule has 9 heteroatoms. The number of nitrogens with zero attached hydrogens (tertiary/aromatic N) is 1. The second-order valence-corrected chi connectivity index (χ2v) is 5.43. The van der Waals surface area contributed by atoms with Gasteiger partial charge in [0.05, 0.1) is 26.0 Å². The molecule has 2 aromatic rings. The molecule has 0 spiro atoms. The molecule has 0 unspecified atom stereocenters. The number of nitrogens with one attached hydrogen (secondary N) is 2. The number of halogens is 3. The van der Waals surface area contributed by atoms with E-state index in [1.54, 1.807) is 18.2 Å². The fraction of sp³-hybridized carbons (Fsp3) is 0.176. The number of hydrogen-bond donors (Lipinski definition) is 2. The fourth-order valence-electron chi connectivity index (χ4n) is 2.03. The Hall–Kier alpha value is -2.81. The first-order valence-electron chi connectivity index (χ1n) is 7.33. The minimum Gasteiger partial charge on any atom is -0.493 e. The highest BCUT2D eigenvalue weighted by atomic mass is 32.1. The van der Waals surface area contributed by atoms with E-state index in [-0.39, 0.29) is 5.11 Å². The Bertz CT molecular complexity index is 810. The molecule has 0 saturated carbocycles. The number of rotatable bonds is 5. The normalized spacial score (nSPS) is 11.3. The van der Waals surface area contributed by atoms with E-state index in [2.05, 4.69) is 15.8 Å². The molecule has 26 heavy (non-hydrogen) atoms. The largest absolute Gasteiger partial charge is 0.493 e. The Labute approximate surface area is 153 Å². The number of alkyl halides is 3. The van der Waals surface area contributed by atoms with Gasteiger partial charge in [0.15, 0.2) is 16.6 Å². The molecule has 0 fully saturated rings. The third-order valence-electron chi connectivity index (χ3n) is 3.24. The summed E-state index contributed by atoms with van der Waals surface area (Å²) in [5.74, 6) is 1.09. The number of methoxy groups -OCH3 is 2. The van der Waals surface area contributed by atoms with Crippen LogP contribution < -0.4 is 20.2 Å². The van der Waals surface area contributed by atoms with Gasteiger partial charge in [0.1, 0.15) is 0 Å². The lowest BCUT2D eigenvalue weighted by atomic mass is 10.1. The van der Waals surface area contributed by atoms with E-state index in [0.717, 1.165) is 12.1 Å². The second-order valence-electron chi connectivity index (χ2n) is 5.02. The predicted octanol–water partition coefficient (Wildman–Crippen LogP) is 4.04. The molecule has 0 heterocycles. The van der Waals surface area contributed by atoms with Crippen molar-refractivity contribution in [3.8, 4) is 11.5 Å². The van der Waals surface area contributed by atoms with E-state index in [1.807, 2.05) is 0 Å². The summed E-state index contributed by atoms with van der Waals surface area (Å²) in [6.07, 6.45) is -3.15. The van der Waals surface area contributed by atoms with Crippen LogP contribution in [0.15, 0.2) is 47.6 Å². The van der Waals surface area contributed by atoms with Crippen LogP contribution in [0.4, 0.5) is 18.9 Å². The van der Waals surface area contributed by atoms with Gasteiger partial charge >= 0.3 is 6.18 Å². The summed E-state index contributed by atoms with van der Waals surface area (Å²) < 4.78 is 48.3. The smallest absolute Gasteiger partial charge is 0.416 e. The summed E-state index contributed by atoms with van der Waals surface area (Å²) in [4.78, 5) is 0. The van der Waals surface area contributed by atoms with Gasteiger partial charge in [-0.2, -0.15) is 18.3 Å². The topological polar surface area (TPSA) is 54.9 Å². The Morgan fingerprint density at radius 3 is 2.46 bits per heavy atom. The molecule has 0 atom stereocenters. The number of hydrazone groups is 1. The molecular weight excluding hydrogens is 367 g/mol. The highest BCUT2D eigenvalue weighted by molar-refractivity contribution is 7.80. The van der Waals surface area contributed by atoms with Crippen LogP contribution in [0.2, 0.25) is 0 Å². The quantitative estimate of drug-likeness (QED) is 0.464. The van der Waals surface area contributed by atoms with Gasteiger partial charge in [-0.1, -0.05) is 12.1 Å². The molecule has 2 aromatic carbocycles. The summed E-state index contributed by atoms with van der Waals surface area (Å²) >= 11 is 5.09. The van der Waals surface area contributed by atoms with E-state index in [0.29, 0.717) is 22.7 Å². The lowest BCUT2D eigenvalue weighted by Crippen LogP contribution is -2.23. The zero-order valence-corrected chi connectivity index (χ0v) is 14.7. The molecule has 0 aromatic heterocycles. The van der Waals surface area contributed by atoms with Gasteiger partial charge < -0.3 is 14.8 Å². The number of hydrogen-bond acceptors (Lipinski definition) is 4. The molecular formula is C17H16F3N3O2S. The number of thiocarbonyl (C=S) groups is 1. The first-order chi connectivity index (χ1) is 12.3. The zero-order chi connectivity index (χ0) is 19.2. The molecule has 0 saturated heterocycles. The Morgan fingerprint density at radius 2 is 1.81 bits per heavy atom. The zero-order valence-electron chi connectivity index (χ0n) is 13.9. The van der Waals surface area contributed by atoms with Gasteiger partial charge in [0, 0.05) is 11.8 Å². The van der Waals surface area contributed by atoms with Crippen molar-refractivity contribution in [2.45, 2.75) is 6.18 Å². The number of anilines is 1. The van der Waals surface area contributed by atoms with E-state index in [1.165, 1.54) is 32.6 Å². The Kier molecular flexibility index (Phi) is 6.40. The van der Waals surface area contributed by atoms with Gasteiger partial charge in [-0.25, -0.2) is 0 Å². The molecule has 0 bridgehead atoms. The first-order valence-corrected chi connectivity index (χ1v) is 7.73. The van der Waals surface area contributed by atoms with Crippen molar-refractivity contribution in [2.75, 3.05) is 19.5 Å². The van der Waals surface area contributed by atoms with Crippen molar-refractivity contribution in [2.24, 2.45) is 5.10 Å². The van der Waals surface area contributed by atoms with Crippen molar-refractivity contribution < 1.29 is 22.6 Å². The predicted molar refractivity (Wildman–Crippen MR) is 97.9 cm³/mol. The lowest BCUT2D eigenvalue weighted by molar-refractivity contribution is -0.137. The summed E-state index contributed by atoms with van der Waals surface area (Å²) in [6, 6.07) is 9.92. The summed E-state index contributed by atoms with van der Waals surface area (Å²) in [5.41, 5.74) is 2.72. The summed E-state index contributed by atoms with van der Waals surface area (Å²) in [5, 5.41) is 6.88. The molecule has 138 valence electrons. The van der Waals surface area contributed by atoms with Crippen LogP contribution in [0.25, 0.3) is 0 Å². The van der Waals surface area contributed by atoms with Gasteiger partial charge in [-0.15, -0.1) is 0 Å². The van der Waals surface area contributed by atoms with Crippen molar-refractivity contribution in [1.82, 2.24) is 5.43 Å². The molecule has 2 N–H and O–H groups in total. The van der Waals surface area contributed by atoms with E-state index >= 15 is 0 Å². The molecule has 2 rings (SSSR count). The van der Waals surface area contributed by atoms with Crippen LogP contribution in [0.3, 0.4) is 0 Å². The average Bonchev–Trinajstić information content (AvgIpc) is 2.61. The fourth-order valence-corrected chi connectivity index (χ4v) is 2.20. The van der Waals surface area contributed by atoms with Crippen LogP contribution in [-0.4, -0.2) is 25.5 Å². The van der Waals surface area contributed by atoms with Crippen LogP contribution >= 0.6 is 12.2 Å². The lowest BCUT2D eigenvalue weighted by Gasteiger charge is -2.11. The Morgan fingerprint density at radius 1 is 1.08 bits per heavy atom. The average molecular weight is 383 g/mol. The number of benzene rings is 2. The van der Waals surface area contributed by atoms with Crippen molar-refractivity contribution in [3.63, 3.8) is 0 Å². The van der Waals surface area contributed by atoms with Crippen LogP contribution in [0.1, 0.15) is 11.1 Å². The van der Waals surface area contributed by atoms with Gasteiger partial charge in [0.2, 0.25) is 0 Å². The molecule has 0 aliphatic rings. The maximum atomic E-state index is 12.7. The third kappa shape index (κ3) is 5.35. The third-order valence-corrected chi connectivity index (χ3v) is 3.43. The molecule has 0 amide bonds. The number of ether oxygens (including phenoxy) is 2. The first kappa shape index (κ1) is 19.5. The SMILES string of the molecule is COc1ccc(NC(=S)N/N=C\c2cccc(C(F)(F)F)c2)cc1OC. The highest BCUT2D eigenvalue weighted by Gasteiger charge is 2.30. The van der Waals surface area contributed by atoms with Gasteiger partial charge in [-0.3, -0.25) is 5.43 Å². The maximum absolute atomic E-state index is 12.7. The minimum absolute atomic E-state index is 0.167. The van der Waals surface area contributed by atoms with Gasteiger partial charge in [-0.05, 0) is 42.0 Å². The van der Waals surface area contributed by atoms with Crippen molar-refractivity contribution >= 4 is 29.2 Å². The summed E-state index contributed by atoms with van der Waals surface area (Å²) in [6.45, 7) is 0. The van der Waals surface area contributed by atoms with Crippen LogP contribution in [0.5, 0.6) is 11.5 Å². The Balaban J connectivity index is 1.98. The maximum Gasteiger partial charge on any atom is 0.416 e. The summed E-state index contributed by atoms with van der Waals surface area (Å²) in [7, 11) is 3.04. The highest BCUT2D eigenvalue weighted by Crippen LogP contribution is 2.30. The second kappa shape index (κ2) is 8.52. The monoisotopic (exact) mass is 383 g/mol. The van der Waals surface area contributed by atoms with Crippen LogP contribution in [-0.2, 0) is 6.18 Å². The van der Waals surface area contributed by atoms with Crippen molar-refractivity contribution in [1.29, 1.82) is 0 Å². The van der Waals surface area contributed by atoms with E-state index in [4.69, 9.17) is 21.7 Å². The van der Waals surface area contributed by atoms with Crippen molar-refractivity contribution in [3.05, 3.63) is 53.6 Å². The standard InChI is InChI=1S/C17H16F3N3O2S/c1-24-14-7-6-13(9-15(14)25-2)22-16(26)23-21-10-11-4-3-5-12(8-11)17(18,19)20/h3-10H,1-2H3,(H2,22,23,26)/b21-10-. The molecule has 0 aliphatic carbocycles.